The highest BCUT2D eigenvalue weighted by atomic mass is 28.2. The lowest BCUT2D eigenvalue weighted by atomic mass is 10.0. The van der Waals surface area contributed by atoms with E-state index in [9.17, 15) is 0 Å². The van der Waals surface area contributed by atoms with Crippen LogP contribution in [0.2, 0.25) is 6.04 Å². The van der Waals surface area contributed by atoms with Crippen molar-refractivity contribution in [3.63, 3.8) is 0 Å². The minimum atomic E-state index is -0.333. The molecule has 0 atom stereocenters. The summed E-state index contributed by atoms with van der Waals surface area (Å²) in [6.07, 6.45) is 4.19. The third-order valence-electron chi connectivity index (χ3n) is 2.27. The van der Waals surface area contributed by atoms with Gasteiger partial charge in [-0.05, 0) is 25.8 Å². The van der Waals surface area contributed by atoms with Crippen molar-refractivity contribution in [3.8, 4) is 0 Å². The van der Waals surface area contributed by atoms with Crippen LogP contribution in [0.1, 0.15) is 33.6 Å². The van der Waals surface area contributed by atoms with Gasteiger partial charge in [-0.3, -0.25) is 0 Å². The Kier molecular flexibility index (Phi) is 5.51. The summed E-state index contributed by atoms with van der Waals surface area (Å²) in [6.45, 7) is 10.3. The van der Waals surface area contributed by atoms with Crippen LogP contribution in [0, 0.1) is 0 Å². The highest BCUT2D eigenvalue weighted by Crippen LogP contribution is 2.18. The van der Waals surface area contributed by atoms with Crippen molar-refractivity contribution in [2.75, 3.05) is 0 Å². The molecule has 0 unspecified atom stereocenters. The zero-order valence-corrected chi connectivity index (χ0v) is 9.44. The van der Waals surface area contributed by atoms with Crippen LogP contribution in [-0.2, 0) is 4.43 Å². The van der Waals surface area contributed by atoms with E-state index in [0.29, 0.717) is 0 Å². The molecule has 0 aliphatic rings. The largest absolute Gasteiger partial charge is 0.419 e. The zero-order chi connectivity index (χ0) is 8.74. The molecule has 0 fully saturated rings. The summed E-state index contributed by atoms with van der Waals surface area (Å²) in [5, 5.41) is 0. The lowest BCUT2D eigenvalue weighted by Crippen LogP contribution is -2.28. The molecule has 0 amide bonds. The molecule has 0 saturated carbocycles. The van der Waals surface area contributed by atoms with Gasteiger partial charge >= 0.3 is 0 Å². The molecule has 66 valence electrons. The third kappa shape index (κ3) is 4.38. The van der Waals surface area contributed by atoms with Crippen LogP contribution in [0.15, 0.2) is 12.7 Å². The maximum absolute atomic E-state index is 5.84. The zero-order valence-electron chi connectivity index (χ0n) is 8.02. The van der Waals surface area contributed by atoms with E-state index < -0.39 is 0 Å². The van der Waals surface area contributed by atoms with E-state index >= 15 is 0 Å². The molecule has 0 rings (SSSR count). The number of rotatable bonds is 6. The van der Waals surface area contributed by atoms with Crippen molar-refractivity contribution in [3.05, 3.63) is 12.7 Å². The molecule has 0 saturated heterocycles. The Labute approximate surface area is 72.8 Å². The van der Waals surface area contributed by atoms with Crippen LogP contribution < -0.4 is 0 Å². The highest BCUT2D eigenvalue weighted by molar-refractivity contribution is 6.28. The third-order valence-corrected chi connectivity index (χ3v) is 3.81. The van der Waals surface area contributed by atoms with E-state index in [1.54, 1.807) is 0 Å². The second-order valence-corrected chi connectivity index (χ2v) is 4.36. The molecule has 0 aliphatic carbocycles. The molecule has 11 heavy (non-hydrogen) atoms. The smallest absolute Gasteiger partial charge is 0.166 e. The van der Waals surface area contributed by atoms with Crippen LogP contribution in [0.5, 0.6) is 0 Å². The van der Waals surface area contributed by atoms with Gasteiger partial charge in [0, 0.05) is 0 Å². The van der Waals surface area contributed by atoms with Crippen molar-refractivity contribution in [1.82, 2.24) is 0 Å². The SMILES string of the molecule is C=CC[SiH2]OC(C)(CC)CC. The van der Waals surface area contributed by atoms with E-state index in [0.717, 1.165) is 18.9 Å². The van der Waals surface area contributed by atoms with Crippen molar-refractivity contribution in [1.29, 1.82) is 0 Å². The monoisotopic (exact) mass is 172 g/mol. The van der Waals surface area contributed by atoms with Gasteiger partial charge in [0.1, 0.15) is 0 Å². The summed E-state index contributed by atoms with van der Waals surface area (Å²) in [5.41, 5.74) is 0.148. The Balaban J connectivity index is 3.59. The van der Waals surface area contributed by atoms with Gasteiger partial charge in [0.2, 0.25) is 0 Å². The minimum Gasteiger partial charge on any atom is -0.419 e. The van der Waals surface area contributed by atoms with Crippen molar-refractivity contribution >= 4 is 9.76 Å². The molecular formula is C9H20OSi. The first-order valence-electron chi connectivity index (χ1n) is 4.43. The van der Waals surface area contributed by atoms with E-state index in [1.165, 1.54) is 0 Å². The van der Waals surface area contributed by atoms with Crippen molar-refractivity contribution in [2.24, 2.45) is 0 Å². The highest BCUT2D eigenvalue weighted by Gasteiger charge is 2.18. The Bertz CT molecular complexity index is 108. The molecule has 0 aromatic rings. The predicted octanol–water partition coefficient (Wildman–Crippen LogP) is 2.27. The van der Waals surface area contributed by atoms with Gasteiger partial charge in [-0.25, -0.2) is 0 Å². The van der Waals surface area contributed by atoms with Crippen LogP contribution in [0.3, 0.4) is 0 Å². The first-order chi connectivity index (χ1) is 5.18. The average molecular weight is 172 g/mol. The maximum Gasteiger partial charge on any atom is 0.166 e. The van der Waals surface area contributed by atoms with Crippen LogP contribution in [0.25, 0.3) is 0 Å². The fraction of sp³-hybridized carbons (Fsp3) is 0.778. The van der Waals surface area contributed by atoms with E-state index in [4.69, 9.17) is 4.43 Å². The van der Waals surface area contributed by atoms with Gasteiger partial charge in [-0.1, -0.05) is 19.9 Å². The lowest BCUT2D eigenvalue weighted by molar-refractivity contribution is 0.0858. The normalized spacial score (nSPS) is 12.6. The van der Waals surface area contributed by atoms with Crippen LogP contribution >= 0.6 is 0 Å². The molecule has 0 aromatic heterocycles. The van der Waals surface area contributed by atoms with Gasteiger partial charge in [0.05, 0.1) is 5.60 Å². The van der Waals surface area contributed by atoms with Gasteiger partial charge in [0.25, 0.3) is 0 Å². The molecule has 0 N–H and O–H groups in total. The molecule has 0 radical (unpaired) electrons. The second kappa shape index (κ2) is 5.55. The summed E-state index contributed by atoms with van der Waals surface area (Å²) in [5.74, 6) is 0. The molecule has 0 aromatic carbocycles. The fourth-order valence-corrected chi connectivity index (χ4v) is 2.03. The lowest BCUT2D eigenvalue weighted by Gasteiger charge is -2.27. The van der Waals surface area contributed by atoms with Gasteiger partial charge in [-0.15, -0.1) is 6.58 Å². The summed E-state index contributed by atoms with van der Waals surface area (Å²) in [4.78, 5) is 0. The Morgan fingerprint density at radius 1 is 1.45 bits per heavy atom. The second-order valence-electron chi connectivity index (χ2n) is 3.08. The summed E-state index contributed by atoms with van der Waals surface area (Å²) < 4.78 is 5.84. The van der Waals surface area contributed by atoms with E-state index in [2.05, 4.69) is 27.4 Å². The first kappa shape index (κ1) is 10.9. The Hall–Kier alpha value is -0.0831. The molecule has 0 aliphatic heterocycles. The van der Waals surface area contributed by atoms with Crippen LogP contribution in [-0.4, -0.2) is 15.4 Å². The van der Waals surface area contributed by atoms with Crippen LogP contribution in [0.4, 0.5) is 0 Å². The fourth-order valence-electron chi connectivity index (χ4n) is 0.843. The van der Waals surface area contributed by atoms with Gasteiger partial charge < -0.3 is 4.43 Å². The topological polar surface area (TPSA) is 9.23 Å². The summed E-state index contributed by atoms with van der Waals surface area (Å²) in [7, 11) is -0.333. The minimum absolute atomic E-state index is 0.148. The number of hydrogen-bond donors (Lipinski definition) is 0. The van der Waals surface area contributed by atoms with E-state index in [-0.39, 0.29) is 15.4 Å². The summed E-state index contributed by atoms with van der Waals surface area (Å²) in [6, 6.07) is 1.09. The summed E-state index contributed by atoms with van der Waals surface area (Å²) >= 11 is 0. The Morgan fingerprint density at radius 2 is 2.00 bits per heavy atom. The van der Waals surface area contributed by atoms with E-state index in [1.807, 2.05) is 6.08 Å². The molecule has 0 bridgehead atoms. The maximum atomic E-state index is 5.84. The molecule has 1 nitrogen and oxygen atoms in total. The Morgan fingerprint density at radius 3 is 2.36 bits per heavy atom. The van der Waals surface area contributed by atoms with Crippen molar-refractivity contribution in [2.45, 2.75) is 45.3 Å². The standard InChI is InChI=1S/C9H20OSi/c1-5-8-11-10-9(4,6-2)7-3/h5H,1,6-8,11H2,2-4H3. The number of hydrogen-bond acceptors (Lipinski definition) is 1. The quantitative estimate of drug-likeness (QED) is 0.339. The predicted molar refractivity (Wildman–Crippen MR) is 53.6 cm³/mol. The number of allylic oxidation sites excluding steroid dienone is 1. The molecule has 0 spiro atoms. The first-order valence-corrected chi connectivity index (χ1v) is 6.01. The molecule has 0 heterocycles. The molecule has 2 heteroatoms. The molecular weight excluding hydrogens is 152 g/mol. The van der Waals surface area contributed by atoms with Gasteiger partial charge in [0.15, 0.2) is 9.76 Å². The van der Waals surface area contributed by atoms with Gasteiger partial charge in [-0.2, -0.15) is 0 Å². The van der Waals surface area contributed by atoms with Crippen molar-refractivity contribution < 1.29 is 4.43 Å². The average Bonchev–Trinajstić information content (AvgIpc) is 2.05.